The lowest BCUT2D eigenvalue weighted by Crippen LogP contribution is -2.49. The quantitative estimate of drug-likeness (QED) is 0.421. The summed E-state index contributed by atoms with van der Waals surface area (Å²) in [5.74, 6) is -1.20. The van der Waals surface area contributed by atoms with Crippen LogP contribution in [0.4, 0.5) is 4.79 Å². The summed E-state index contributed by atoms with van der Waals surface area (Å²) in [7, 11) is 0. The number of alkyl carbamates (subject to hydrolysis) is 1. The largest absolute Gasteiger partial charge is 0.480 e. The topological polar surface area (TPSA) is 119 Å². The molecule has 0 aliphatic heterocycles. The maximum absolute atomic E-state index is 13.1. The lowest BCUT2D eigenvalue weighted by molar-refractivity contribution is -0.139. The Hall–Kier alpha value is -3.36. The number of hydrogen-bond acceptors (Lipinski definition) is 6. The predicted octanol–water partition coefficient (Wildman–Crippen LogP) is 4.13. The van der Waals surface area contributed by atoms with Gasteiger partial charge in [-0.25, -0.2) is 4.79 Å². The van der Waals surface area contributed by atoms with E-state index < -0.39 is 34.0 Å². The molecule has 0 aliphatic rings. The molecule has 3 aromatic rings. The second-order valence-electron chi connectivity index (χ2n) is 8.48. The molecule has 0 spiro atoms. The molecular weight excluding hydrogens is 452 g/mol. The summed E-state index contributed by atoms with van der Waals surface area (Å²) in [6.45, 7) is 3.23. The van der Waals surface area contributed by atoms with Crippen molar-refractivity contribution in [3.8, 4) is 0 Å². The molecule has 0 saturated heterocycles. The number of thioether (sulfide) groups is 1. The first-order valence-corrected chi connectivity index (χ1v) is 11.6. The van der Waals surface area contributed by atoms with E-state index in [9.17, 15) is 19.5 Å². The van der Waals surface area contributed by atoms with Crippen molar-refractivity contribution in [3.63, 3.8) is 0 Å². The summed E-state index contributed by atoms with van der Waals surface area (Å²) < 4.78 is 4.31. The maximum atomic E-state index is 13.1. The van der Waals surface area contributed by atoms with Crippen molar-refractivity contribution in [1.82, 2.24) is 5.32 Å². The van der Waals surface area contributed by atoms with Gasteiger partial charge in [-0.3, -0.25) is 9.59 Å². The summed E-state index contributed by atoms with van der Waals surface area (Å²) in [6, 6.07) is 20.7. The second kappa shape index (κ2) is 11.2. The Kier molecular flexibility index (Phi) is 8.31. The zero-order valence-corrected chi connectivity index (χ0v) is 19.9. The van der Waals surface area contributed by atoms with Gasteiger partial charge in [0.1, 0.15) is 18.7 Å². The molecule has 0 unspecified atom stereocenters. The number of nitrogens with two attached hydrogens (primary N) is 1. The minimum atomic E-state index is -1.25. The fourth-order valence-electron chi connectivity index (χ4n) is 3.40. The van der Waals surface area contributed by atoms with Gasteiger partial charge in [-0.1, -0.05) is 78.5 Å². The Bertz CT molecular complexity index is 1170. The summed E-state index contributed by atoms with van der Waals surface area (Å²) in [5, 5.41) is 13.6. The number of fused-ring (bicyclic) bond motifs is 1. The minimum absolute atomic E-state index is 0.0471. The molecular formula is C26H28N2O5S. The highest BCUT2D eigenvalue weighted by Crippen LogP contribution is 2.30. The van der Waals surface area contributed by atoms with Gasteiger partial charge in [0.25, 0.3) is 0 Å². The summed E-state index contributed by atoms with van der Waals surface area (Å²) in [6.07, 6.45) is -0.501. The van der Waals surface area contributed by atoms with Crippen LogP contribution in [0.1, 0.15) is 25.0 Å². The van der Waals surface area contributed by atoms with Gasteiger partial charge in [-0.05, 0) is 41.8 Å². The van der Waals surface area contributed by atoms with Crippen molar-refractivity contribution in [3.05, 3.63) is 83.9 Å². The van der Waals surface area contributed by atoms with Crippen molar-refractivity contribution in [2.45, 2.75) is 43.7 Å². The Labute approximate surface area is 202 Å². The van der Waals surface area contributed by atoms with Crippen LogP contribution in [0.3, 0.4) is 0 Å². The number of carboxylic acid groups (broad SMARTS) is 1. The number of carbonyl (C=O) groups excluding carboxylic acids is 2. The first kappa shape index (κ1) is 25.3. The molecule has 178 valence electrons. The van der Waals surface area contributed by atoms with Crippen LogP contribution in [0, 0.1) is 0 Å². The molecule has 0 radical (unpaired) electrons. The molecule has 0 aliphatic carbocycles. The number of rotatable bonds is 9. The third kappa shape index (κ3) is 6.82. The van der Waals surface area contributed by atoms with E-state index in [2.05, 4.69) is 5.32 Å². The van der Waals surface area contributed by atoms with E-state index in [1.165, 1.54) is 0 Å². The Balaban J connectivity index is 1.68. The summed E-state index contributed by atoms with van der Waals surface area (Å²) >= 11 is 0.809. The fourth-order valence-corrected chi connectivity index (χ4v) is 4.43. The van der Waals surface area contributed by atoms with E-state index >= 15 is 0 Å². The SMILES string of the molecule is CC(C)(SC(=O)[C@H](Cc1ccccc1)NC(=O)OCc1ccc2ccccc2c1)[C@@H](N)C(=O)O. The zero-order valence-electron chi connectivity index (χ0n) is 19.1. The van der Waals surface area contributed by atoms with E-state index in [1.54, 1.807) is 13.8 Å². The van der Waals surface area contributed by atoms with Crippen LogP contribution in [-0.4, -0.2) is 39.1 Å². The van der Waals surface area contributed by atoms with Crippen LogP contribution in [0.15, 0.2) is 72.8 Å². The highest BCUT2D eigenvalue weighted by atomic mass is 32.2. The van der Waals surface area contributed by atoms with Gasteiger partial charge >= 0.3 is 12.1 Å². The molecule has 34 heavy (non-hydrogen) atoms. The number of ether oxygens (including phenoxy) is 1. The second-order valence-corrected chi connectivity index (χ2v) is 10.1. The molecule has 0 saturated carbocycles. The van der Waals surface area contributed by atoms with Crippen LogP contribution in [0.2, 0.25) is 0 Å². The summed E-state index contributed by atoms with van der Waals surface area (Å²) in [5.41, 5.74) is 7.43. The number of carboxylic acids is 1. The van der Waals surface area contributed by atoms with Crippen LogP contribution in [0.25, 0.3) is 10.8 Å². The third-order valence-corrected chi connectivity index (χ3v) is 6.69. The van der Waals surface area contributed by atoms with Crippen LogP contribution >= 0.6 is 11.8 Å². The lowest BCUT2D eigenvalue weighted by Gasteiger charge is -2.29. The number of aliphatic carboxylic acids is 1. The zero-order chi connectivity index (χ0) is 24.7. The smallest absolute Gasteiger partial charge is 0.408 e. The average Bonchev–Trinajstić information content (AvgIpc) is 2.82. The number of benzene rings is 3. The molecule has 8 heteroatoms. The van der Waals surface area contributed by atoms with Gasteiger partial charge in [0.05, 0.1) is 0 Å². The van der Waals surface area contributed by atoms with Crippen molar-refractivity contribution in [2.75, 3.05) is 0 Å². The number of hydrogen-bond donors (Lipinski definition) is 3. The highest BCUT2D eigenvalue weighted by molar-refractivity contribution is 8.15. The Morgan fingerprint density at radius 2 is 1.62 bits per heavy atom. The van der Waals surface area contributed by atoms with Crippen LogP contribution in [-0.2, 0) is 27.4 Å². The summed E-state index contributed by atoms with van der Waals surface area (Å²) in [4.78, 5) is 37.0. The van der Waals surface area contributed by atoms with Gasteiger partial charge in [-0.2, -0.15) is 0 Å². The van der Waals surface area contributed by atoms with Crippen molar-refractivity contribution in [2.24, 2.45) is 5.73 Å². The molecule has 3 rings (SSSR count). The molecule has 7 nitrogen and oxygen atoms in total. The van der Waals surface area contributed by atoms with Gasteiger partial charge in [0, 0.05) is 11.2 Å². The molecule has 2 atom stereocenters. The number of nitrogens with one attached hydrogen (secondary N) is 1. The van der Waals surface area contributed by atoms with E-state index in [1.807, 2.05) is 72.8 Å². The van der Waals surface area contributed by atoms with Gasteiger partial charge in [0.2, 0.25) is 5.12 Å². The minimum Gasteiger partial charge on any atom is -0.480 e. The molecule has 1 amide bonds. The molecule has 0 heterocycles. The van der Waals surface area contributed by atoms with E-state index in [-0.39, 0.29) is 13.0 Å². The predicted molar refractivity (Wildman–Crippen MR) is 133 cm³/mol. The molecule has 3 aromatic carbocycles. The van der Waals surface area contributed by atoms with Gasteiger partial charge in [0.15, 0.2) is 0 Å². The Morgan fingerprint density at radius 1 is 0.971 bits per heavy atom. The van der Waals surface area contributed by atoms with E-state index in [4.69, 9.17) is 10.5 Å². The number of amides is 1. The van der Waals surface area contributed by atoms with Gasteiger partial charge < -0.3 is 20.9 Å². The number of carbonyl (C=O) groups is 3. The highest BCUT2D eigenvalue weighted by Gasteiger charge is 2.37. The average molecular weight is 481 g/mol. The van der Waals surface area contributed by atoms with Crippen molar-refractivity contribution in [1.29, 1.82) is 0 Å². The first-order chi connectivity index (χ1) is 16.2. The van der Waals surface area contributed by atoms with Gasteiger partial charge in [-0.15, -0.1) is 0 Å². The van der Waals surface area contributed by atoms with Crippen molar-refractivity contribution < 1.29 is 24.2 Å². The Morgan fingerprint density at radius 3 is 2.29 bits per heavy atom. The standard InChI is InChI=1S/C26H28N2O5S/c1-26(2,22(27)23(29)30)34-24(31)21(15-17-8-4-3-5-9-17)28-25(32)33-16-18-12-13-19-10-6-7-11-20(19)14-18/h3-14,21-22H,15-16,27H2,1-2H3,(H,28,32)(H,29,30)/t21-,22-/m0/s1. The molecule has 0 bridgehead atoms. The van der Waals surface area contributed by atoms with Crippen molar-refractivity contribution >= 4 is 39.7 Å². The third-order valence-electron chi connectivity index (χ3n) is 5.42. The first-order valence-electron chi connectivity index (χ1n) is 10.8. The molecule has 0 fully saturated rings. The normalized spacial score (nSPS) is 13.1. The fraction of sp³-hybridized carbons (Fsp3) is 0.269. The molecule has 4 N–H and O–H groups in total. The lowest BCUT2D eigenvalue weighted by atomic mass is 10.1. The van der Waals surface area contributed by atoms with E-state index in [0.717, 1.165) is 33.7 Å². The van der Waals surface area contributed by atoms with E-state index in [0.29, 0.717) is 0 Å². The monoisotopic (exact) mass is 480 g/mol. The maximum Gasteiger partial charge on any atom is 0.408 e. The van der Waals surface area contributed by atoms with Crippen LogP contribution < -0.4 is 11.1 Å². The molecule has 0 aromatic heterocycles. The van der Waals surface area contributed by atoms with Crippen LogP contribution in [0.5, 0.6) is 0 Å².